The molecule has 0 aliphatic carbocycles. The first-order valence-corrected chi connectivity index (χ1v) is 6.69. The van der Waals surface area contributed by atoms with E-state index in [1.807, 2.05) is 10.3 Å². The summed E-state index contributed by atoms with van der Waals surface area (Å²) in [5, 5.41) is 5.28. The van der Waals surface area contributed by atoms with Crippen LogP contribution >= 0.6 is 11.3 Å². The third-order valence-electron chi connectivity index (χ3n) is 3.09. The van der Waals surface area contributed by atoms with Crippen molar-refractivity contribution in [1.29, 1.82) is 0 Å². The highest BCUT2D eigenvalue weighted by molar-refractivity contribution is 7.10. The molecule has 1 saturated heterocycles. The first-order chi connectivity index (χ1) is 7.74. The number of nitrogens with one attached hydrogen (secondary N) is 1. The van der Waals surface area contributed by atoms with E-state index >= 15 is 0 Å². The predicted molar refractivity (Wildman–Crippen MR) is 67.2 cm³/mol. The van der Waals surface area contributed by atoms with E-state index in [-0.39, 0.29) is 5.91 Å². The summed E-state index contributed by atoms with van der Waals surface area (Å²) in [4.78, 5) is 15.5. The van der Waals surface area contributed by atoms with Gasteiger partial charge in [-0.05, 0) is 18.9 Å². The highest BCUT2D eigenvalue weighted by Crippen LogP contribution is 2.23. The molecule has 0 atom stereocenters. The van der Waals surface area contributed by atoms with Gasteiger partial charge in [0, 0.05) is 36.4 Å². The number of nitrogens with zero attached hydrogens (tertiary/aromatic N) is 1. The molecule has 1 fully saturated rings. The van der Waals surface area contributed by atoms with Crippen molar-refractivity contribution in [3.8, 4) is 0 Å². The lowest BCUT2D eigenvalue weighted by Gasteiger charge is -2.27. The monoisotopic (exact) mass is 238 g/mol. The van der Waals surface area contributed by atoms with Gasteiger partial charge in [-0.1, -0.05) is 6.92 Å². The summed E-state index contributed by atoms with van der Waals surface area (Å²) in [5.74, 6) is 0.211. The molecule has 1 aliphatic heterocycles. The summed E-state index contributed by atoms with van der Waals surface area (Å²) in [5.41, 5.74) is 2.15. The molecule has 0 unspecified atom stereocenters. The number of hydrogen-bond acceptors (Lipinski definition) is 3. The van der Waals surface area contributed by atoms with Gasteiger partial charge in [-0.2, -0.15) is 0 Å². The molecule has 1 N–H and O–H groups in total. The molecule has 88 valence electrons. The zero-order valence-corrected chi connectivity index (χ0v) is 10.7. The average molecular weight is 238 g/mol. The van der Waals surface area contributed by atoms with Crippen molar-refractivity contribution in [3.63, 3.8) is 0 Å². The molecule has 0 spiro atoms. The third kappa shape index (κ3) is 2.13. The molecule has 1 aromatic heterocycles. The minimum Gasteiger partial charge on any atom is -0.336 e. The van der Waals surface area contributed by atoms with Crippen LogP contribution in [0.2, 0.25) is 0 Å². The largest absolute Gasteiger partial charge is 0.336 e. The maximum absolute atomic E-state index is 12.3. The predicted octanol–water partition coefficient (Wildman–Crippen LogP) is 1.66. The maximum Gasteiger partial charge on any atom is 0.255 e. The Kier molecular flexibility index (Phi) is 3.61. The number of amides is 1. The molecular weight excluding hydrogens is 220 g/mol. The van der Waals surface area contributed by atoms with E-state index in [9.17, 15) is 4.79 Å². The van der Waals surface area contributed by atoms with Gasteiger partial charge >= 0.3 is 0 Å². The lowest BCUT2D eigenvalue weighted by atomic mass is 10.1. The Labute approximate surface area is 100 Å². The van der Waals surface area contributed by atoms with E-state index in [0.29, 0.717) is 0 Å². The SMILES string of the molecule is CCc1c(C(=O)N2CCNCC2)csc1C. The van der Waals surface area contributed by atoms with E-state index in [1.165, 1.54) is 10.4 Å². The van der Waals surface area contributed by atoms with E-state index in [4.69, 9.17) is 0 Å². The van der Waals surface area contributed by atoms with Crippen molar-refractivity contribution >= 4 is 17.2 Å². The third-order valence-corrected chi connectivity index (χ3v) is 4.05. The first kappa shape index (κ1) is 11.6. The quantitative estimate of drug-likeness (QED) is 0.850. The summed E-state index contributed by atoms with van der Waals surface area (Å²) in [6, 6.07) is 0. The van der Waals surface area contributed by atoms with Crippen LogP contribution in [0.5, 0.6) is 0 Å². The van der Waals surface area contributed by atoms with Gasteiger partial charge in [0.2, 0.25) is 0 Å². The molecule has 0 bridgehead atoms. The van der Waals surface area contributed by atoms with Gasteiger partial charge < -0.3 is 10.2 Å². The Morgan fingerprint density at radius 1 is 1.50 bits per heavy atom. The van der Waals surface area contributed by atoms with Gasteiger partial charge in [0.25, 0.3) is 5.91 Å². The van der Waals surface area contributed by atoms with E-state index < -0.39 is 0 Å². The van der Waals surface area contributed by atoms with Crippen molar-refractivity contribution in [2.24, 2.45) is 0 Å². The second-order valence-electron chi connectivity index (χ2n) is 4.08. The van der Waals surface area contributed by atoms with Crippen LogP contribution in [0.3, 0.4) is 0 Å². The number of hydrogen-bond donors (Lipinski definition) is 1. The lowest BCUT2D eigenvalue weighted by Crippen LogP contribution is -2.46. The Morgan fingerprint density at radius 3 is 2.81 bits per heavy atom. The van der Waals surface area contributed by atoms with Gasteiger partial charge in [0.1, 0.15) is 0 Å². The highest BCUT2D eigenvalue weighted by atomic mass is 32.1. The summed E-state index contributed by atoms with van der Waals surface area (Å²) >= 11 is 1.68. The van der Waals surface area contributed by atoms with Gasteiger partial charge in [0.15, 0.2) is 0 Å². The Bertz CT molecular complexity index is 380. The van der Waals surface area contributed by atoms with Crippen molar-refractivity contribution in [2.45, 2.75) is 20.3 Å². The number of carbonyl (C=O) groups is 1. The zero-order valence-electron chi connectivity index (χ0n) is 9.88. The van der Waals surface area contributed by atoms with Gasteiger partial charge in [-0.3, -0.25) is 4.79 Å². The Morgan fingerprint density at radius 2 is 2.19 bits per heavy atom. The second-order valence-corrected chi connectivity index (χ2v) is 5.16. The fourth-order valence-electron chi connectivity index (χ4n) is 2.14. The topological polar surface area (TPSA) is 32.3 Å². The summed E-state index contributed by atoms with van der Waals surface area (Å²) in [7, 11) is 0. The maximum atomic E-state index is 12.3. The van der Waals surface area contributed by atoms with Crippen molar-refractivity contribution < 1.29 is 4.79 Å². The zero-order chi connectivity index (χ0) is 11.5. The summed E-state index contributed by atoms with van der Waals surface area (Å²) < 4.78 is 0. The van der Waals surface area contributed by atoms with Crippen LogP contribution in [-0.4, -0.2) is 37.0 Å². The fourth-order valence-corrected chi connectivity index (χ4v) is 3.07. The van der Waals surface area contributed by atoms with Gasteiger partial charge in [-0.15, -0.1) is 11.3 Å². The van der Waals surface area contributed by atoms with Gasteiger partial charge in [-0.25, -0.2) is 0 Å². The Balaban J connectivity index is 2.19. The number of piperazine rings is 1. The molecule has 0 radical (unpaired) electrons. The minimum atomic E-state index is 0.211. The number of aryl methyl sites for hydroxylation is 1. The summed E-state index contributed by atoms with van der Waals surface area (Å²) in [6.07, 6.45) is 0.947. The smallest absolute Gasteiger partial charge is 0.255 e. The molecule has 1 aromatic rings. The molecular formula is C12H18N2OS. The molecule has 2 rings (SSSR count). The average Bonchev–Trinajstić information content (AvgIpc) is 2.70. The summed E-state index contributed by atoms with van der Waals surface area (Å²) in [6.45, 7) is 7.70. The minimum absolute atomic E-state index is 0.211. The van der Waals surface area contributed by atoms with Crippen LogP contribution < -0.4 is 5.32 Å². The number of thiophene rings is 1. The van der Waals surface area contributed by atoms with E-state index in [0.717, 1.165) is 38.2 Å². The molecule has 2 heterocycles. The molecule has 0 aromatic carbocycles. The highest BCUT2D eigenvalue weighted by Gasteiger charge is 2.21. The van der Waals surface area contributed by atoms with Crippen molar-refractivity contribution in [2.75, 3.05) is 26.2 Å². The van der Waals surface area contributed by atoms with Crippen molar-refractivity contribution in [1.82, 2.24) is 10.2 Å². The second kappa shape index (κ2) is 4.97. The van der Waals surface area contributed by atoms with E-state index in [1.54, 1.807) is 11.3 Å². The van der Waals surface area contributed by atoms with Crippen LogP contribution in [0.15, 0.2) is 5.38 Å². The number of rotatable bonds is 2. The molecule has 16 heavy (non-hydrogen) atoms. The van der Waals surface area contributed by atoms with Crippen LogP contribution in [0.25, 0.3) is 0 Å². The molecule has 0 saturated carbocycles. The van der Waals surface area contributed by atoms with Crippen LogP contribution in [-0.2, 0) is 6.42 Å². The molecule has 3 nitrogen and oxygen atoms in total. The molecule has 4 heteroatoms. The number of carbonyl (C=O) groups excluding carboxylic acids is 1. The normalized spacial score (nSPS) is 16.5. The standard InChI is InChI=1S/C12H18N2OS/c1-3-10-9(2)16-8-11(10)12(15)14-6-4-13-5-7-14/h8,13H,3-7H2,1-2H3. The first-order valence-electron chi connectivity index (χ1n) is 5.81. The molecule has 1 aliphatic rings. The van der Waals surface area contributed by atoms with Crippen LogP contribution in [0.1, 0.15) is 27.7 Å². The Hall–Kier alpha value is -0.870. The molecule has 1 amide bonds. The van der Waals surface area contributed by atoms with Crippen LogP contribution in [0.4, 0.5) is 0 Å². The van der Waals surface area contributed by atoms with Crippen LogP contribution in [0, 0.1) is 6.92 Å². The lowest BCUT2D eigenvalue weighted by molar-refractivity contribution is 0.0735. The van der Waals surface area contributed by atoms with E-state index in [2.05, 4.69) is 19.2 Å². The fraction of sp³-hybridized carbons (Fsp3) is 0.583. The van der Waals surface area contributed by atoms with Crippen molar-refractivity contribution in [3.05, 3.63) is 21.4 Å². The van der Waals surface area contributed by atoms with Gasteiger partial charge in [0.05, 0.1) is 5.56 Å².